The van der Waals surface area contributed by atoms with Crippen LogP contribution in [0.3, 0.4) is 0 Å². The van der Waals surface area contributed by atoms with Crippen LogP contribution in [0, 0.1) is 5.41 Å². The van der Waals surface area contributed by atoms with E-state index in [0.717, 1.165) is 49.3 Å². The van der Waals surface area contributed by atoms with E-state index in [4.69, 9.17) is 0 Å². The summed E-state index contributed by atoms with van der Waals surface area (Å²) in [6.45, 7) is 2.82. The SMILES string of the molecule is C[C@]1(C(=O)O)CCCN(c2cccc(SNc3ccc(C(F)(F)F)c(-c4ccccc4C4CCC4)n3)n2)C1. The molecule has 5 rings (SSSR count). The van der Waals surface area contributed by atoms with Crippen LogP contribution >= 0.6 is 11.9 Å². The maximum Gasteiger partial charge on any atom is 0.418 e. The van der Waals surface area contributed by atoms with Crippen LogP contribution in [0.5, 0.6) is 0 Å². The van der Waals surface area contributed by atoms with Crippen molar-refractivity contribution in [3.63, 3.8) is 0 Å². The van der Waals surface area contributed by atoms with Gasteiger partial charge in [0, 0.05) is 30.6 Å². The van der Waals surface area contributed by atoms with Crippen molar-refractivity contribution in [3.8, 4) is 11.3 Å². The molecule has 38 heavy (non-hydrogen) atoms. The largest absolute Gasteiger partial charge is 0.481 e. The predicted octanol–water partition coefficient (Wildman–Crippen LogP) is 7.24. The number of nitrogens with one attached hydrogen (secondary N) is 1. The topological polar surface area (TPSA) is 78.4 Å². The Morgan fingerprint density at radius 3 is 2.58 bits per heavy atom. The molecule has 0 amide bonds. The highest BCUT2D eigenvalue weighted by molar-refractivity contribution is 8.00. The molecule has 2 aliphatic rings. The van der Waals surface area contributed by atoms with Gasteiger partial charge in [-0.05, 0) is 68.4 Å². The van der Waals surface area contributed by atoms with Crippen molar-refractivity contribution in [1.82, 2.24) is 9.97 Å². The maximum absolute atomic E-state index is 14.0. The lowest BCUT2D eigenvalue weighted by atomic mass is 9.77. The molecule has 2 aromatic heterocycles. The summed E-state index contributed by atoms with van der Waals surface area (Å²) in [6, 6.07) is 15.1. The Hall–Kier alpha value is -3.27. The highest BCUT2D eigenvalue weighted by atomic mass is 32.2. The number of halogens is 3. The third-order valence-electron chi connectivity index (χ3n) is 7.47. The smallest absolute Gasteiger partial charge is 0.418 e. The van der Waals surface area contributed by atoms with Gasteiger partial charge in [0.15, 0.2) is 0 Å². The Labute approximate surface area is 223 Å². The van der Waals surface area contributed by atoms with E-state index in [0.29, 0.717) is 41.7 Å². The van der Waals surface area contributed by atoms with Gasteiger partial charge in [-0.3, -0.25) is 4.79 Å². The first-order chi connectivity index (χ1) is 18.1. The van der Waals surface area contributed by atoms with Crippen LogP contribution in [0.2, 0.25) is 0 Å². The highest BCUT2D eigenvalue weighted by Crippen LogP contribution is 2.44. The lowest BCUT2D eigenvalue weighted by Crippen LogP contribution is -2.46. The van der Waals surface area contributed by atoms with E-state index >= 15 is 0 Å². The average Bonchev–Trinajstić information content (AvgIpc) is 2.86. The fourth-order valence-electron chi connectivity index (χ4n) is 5.09. The van der Waals surface area contributed by atoms with Crippen LogP contribution in [0.4, 0.5) is 24.8 Å². The minimum atomic E-state index is -4.53. The zero-order chi connectivity index (χ0) is 26.9. The molecule has 10 heteroatoms. The molecular weight excluding hydrogens is 513 g/mol. The first-order valence-electron chi connectivity index (χ1n) is 12.7. The third-order valence-corrected chi connectivity index (χ3v) is 8.22. The summed E-state index contributed by atoms with van der Waals surface area (Å²) in [5.41, 5.74) is -0.242. The first kappa shape index (κ1) is 26.3. The van der Waals surface area contributed by atoms with Crippen LogP contribution in [-0.4, -0.2) is 34.1 Å². The van der Waals surface area contributed by atoms with E-state index in [1.54, 1.807) is 25.1 Å². The van der Waals surface area contributed by atoms with Crippen molar-refractivity contribution >= 4 is 29.6 Å². The third kappa shape index (κ3) is 5.45. The molecule has 1 atom stereocenters. The number of carboxylic acid groups (broad SMARTS) is 1. The first-order valence-corrected chi connectivity index (χ1v) is 13.5. The summed E-state index contributed by atoms with van der Waals surface area (Å²) >= 11 is 1.15. The fourth-order valence-corrected chi connectivity index (χ4v) is 5.70. The summed E-state index contributed by atoms with van der Waals surface area (Å²) in [7, 11) is 0. The van der Waals surface area contributed by atoms with Crippen molar-refractivity contribution in [1.29, 1.82) is 0 Å². The number of rotatable bonds is 7. The number of hydrogen-bond acceptors (Lipinski definition) is 6. The number of carboxylic acids is 1. The van der Waals surface area contributed by atoms with Crippen LogP contribution in [0.15, 0.2) is 59.6 Å². The van der Waals surface area contributed by atoms with Crippen LogP contribution in [0.25, 0.3) is 11.3 Å². The quantitative estimate of drug-likeness (QED) is 0.305. The summed E-state index contributed by atoms with van der Waals surface area (Å²) < 4.78 is 44.9. The number of aromatic nitrogens is 2. The number of hydrogen-bond donors (Lipinski definition) is 2. The van der Waals surface area contributed by atoms with Gasteiger partial charge in [-0.2, -0.15) is 13.2 Å². The van der Waals surface area contributed by atoms with Crippen molar-refractivity contribution in [3.05, 3.63) is 65.7 Å². The highest BCUT2D eigenvalue weighted by Gasteiger charge is 2.38. The molecule has 1 saturated carbocycles. The zero-order valence-electron chi connectivity index (χ0n) is 21.0. The lowest BCUT2D eigenvalue weighted by Gasteiger charge is -2.38. The van der Waals surface area contributed by atoms with Crippen molar-refractivity contribution in [2.24, 2.45) is 5.41 Å². The van der Waals surface area contributed by atoms with Gasteiger partial charge in [-0.1, -0.05) is 36.8 Å². The van der Waals surface area contributed by atoms with Crippen molar-refractivity contribution < 1.29 is 23.1 Å². The summed E-state index contributed by atoms with van der Waals surface area (Å²) in [5, 5.41) is 10.2. The molecule has 1 aliphatic carbocycles. The molecule has 0 unspecified atom stereocenters. The maximum atomic E-state index is 14.0. The number of aliphatic carboxylic acids is 1. The Kier molecular flexibility index (Phi) is 7.26. The predicted molar refractivity (Wildman–Crippen MR) is 142 cm³/mol. The van der Waals surface area contributed by atoms with E-state index in [9.17, 15) is 23.1 Å². The second-order valence-corrected chi connectivity index (χ2v) is 11.1. The normalized spacial score (nSPS) is 20.2. The average molecular weight is 543 g/mol. The number of alkyl halides is 3. The number of anilines is 2. The fraction of sp³-hybridized carbons (Fsp3) is 0.393. The second-order valence-electron chi connectivity index (χ2n) is 10.2. The number of piperidine rings is 1. The molecule has 1 aromatic carbocycles. The van der Waals surface area contributed by atoms with Gasteiger partial charge in [0.2, 0.25) is 0 Å². The number of pyridine rings is 2. The van der Waals surface area contributed by atoms with Gasteiger partial charge >= 0.3 is 12.1 Å². The Bertz CT molecular complexity index is 1330. The molecule has 0 bridgehead atoms. The minimum absolute atomic E-state index is 0.0754. The van der Waals surface area contributed by atoms with E-state index in [1.807, 2.05) is 29.2 Å². The van der Waals surface area contributed by atoms with Crippen LogP contribution in [0.1, 0.15) is 56.1 Å². The van der Waals surface area contributed by atoms with Crippen LogP contribution < -0.4 is 9.62 Å². The Balaban J connectivity index is 1.38. The number of benzene rings is 1. The molecular formula is C28H29F3N4O2S. The van der Waals surface area contributed by atoms with Gasteiger partial charge < -0.3 is 14.7 Å². The van der Waals surface area contributed by atoms with E-state index in [2.05, 4.69) is 14.7 Å². The molecule has 1 aliphatic heterocycles. The minimum Gasteiger partial charge on any atom is -0.481 e. The van der Waals surface area contributed by atoms with Gasteiger partial charge in [0.05, 0.1) is 16.7 Å². The molecule has 0 radical (unpaired) electrons. The van der Waals surface area contributed by atoms with Gasteiger partial charge in [0.1, 0.15) is 16.7 Å². The van der Waals surface area contributed by atoms with Gasteiger partial charge in [0.25, 0.3) is 0 Å². The van der Waals surface area contributed by atoms with Gasteiger partial charge in [-0.15, -0.1) is 0 Å². The standard InChI is InChI=1S/C28H29F3N4O2S/c1-27(26(36)37)15-6-16-35(17-27)23-11-5-12-24(33-23)38-34-22-14-13-21(28(29,30)31)25(32-22)20-10-3-2-9-19(20)18-7-4-8-18/h2-3,5,9-14,18H,4,6-8,15-17H2,1H3,(H,32,34)(H,36,37)/t27-/m0/s1. The molecule has 3 heterocycles. The van der Waals surface area contributed by atoms with Gasteiger partial charge in [-0.25, -0.2) is 9.97 Å². The summed E-state index contributed by atoms with van der Waals surface area (Å²) in [5.74, 6) is 0.395. The Morgan fingerprint density at radius 2 is 1.87 bits per heavy atom. The molecule has 200 valence electrons. The molecule has 6 nitrogen and oxygen atoms in total. The lowest BCUT2D eigenvalue weighted by molar-refractivity contribution is -0.148. The van der Waals surface area contributed by atoms with Crippen LogP contribution in [-0.2, 0) is 11.0 Å². The molecule has 1 saturated heterocycles. The number of carbonyl (C=O) groups is 1. The van der Waals surface area contributed by atoms with E-state index in [1.165, 1.54) is 6.07 Å². The van der Waals surface area contributed by atoms with Crippen molar-refractivity contribution in [2.45, 2.75) is 56.1 Å². The zero-order valence-corrected chi connectivity index (χ0v) is 21.8. The Morgan fingerprint density at radius 1 is 1.08 bits per heavy atom. The molecule has 2 fully saturated rings. The molecule has 3 aromatic rings. The molecule has 0 spiro atoms. The monoisotopic (exact) mass is 542 g/mol. The summed E-state index contributed by atoms with van der Waals surface area (Å²) in [6.07, 6.45) is -0.153. The van der Waals surface area contributed by atoms with Crippen molar-refractivity contribution in [2.75, 3.05) is 22.7 Å². The molecule has 2 N–H and O–H groups in total. The summed E-state index contributed by atoms with van der Waals surface area (Å²) in [4.78, 5) is 22.8. The second kappa shape index (κ2) is 10.5. The van der Waals surface area contributed by atoms with E-state index in [-0.39, 0.29) is 11.6 Å². The van der Waals surface area contributed by atoms with E-state index < -0.39 is 23.1 Å². The number of nitrogens with zero attached hydrogens (tertiary/aromatic N) is 3.